The Balaban J connectivity index is 2.22. The molecule has 2 aromatic rings. The predicted molar refractivity (Wildman–Crippen MR) is 81.3 cm³/mol. The normalized spacial score (nSPS) is 10.3. The van der Waals surface area contributed by atoms with Crippen LogP contribution in [0.1, 0.15) is 16.7 Å². The molecule has 0 aliphatic heterocycles. The molecular weight excluding hydrogens is 276 g/mol. The minimum atomic E-state index is -0.378. The summed E-state index contributed by atoms with van der Waals surface area (Å²) in [5.74, 6) is 0. The summed E-state index contributed by atoms with van der Waals surface area (Å²) >= 11 is 5.91. The standard InChI is InChI=1S/C15H15ClN2O2/c1-10-3-6-15(18(19)20)14(7-10)17-9-12-4-5-13(16)8-11(12)2/h3-8,17H,9H2,1-2H3. The third kappa shape index (κ3) is 3.27. The molecular formula is C15H15ClN2O2. The molecule has 0 saturated carbocycles. The molecule has 104 valence electrons. The van der Waals surface area contributed by atoms with Crippen molar-refractivity contribution in [3.63, 3.8) is 0 Å². The number of hydrogen-bond acceptors (Lipinski definition) is 3. The smallest absolute Gasteiger partial charge is 0.292 e. The van der Waals surface area contributed by atoms with Gasteiger partial charge in [-0.3, -0.25) is 10.1 Å². The van der Waals surface area contributed by atoms with Gasteiger partial charge in [-0.15, -0.1) is 0 Å². The number of nitro benzene ring substituents is 1. The van der Waals surface area contributed by atoms with Crippen LogP contribution in [0.4, 0.5) is 11.4 Å². The third-order valence-corrected chi connectivity index (χ3v) is 3.36. The van der Waals surface area contributed by atoms with Gasteiger partial charge in [-0.1, -0.05) is 23.7 Å². The van der Waals surface area contributed by atoms with Gasteiger partial charge in [0.25, 0.3) is 5.69 Å². The van der Waals surface area contributed by atoms with Crippen molar-refractivity contribution in [2.75, 3.05) is 5.32 Å². The number of rotatable bonds is 4. The fraction of sp³-hybridized carbons (Fsp3) is 0.200. The lowest BCUT2D eigenvalue weighted by molar-refractivity contribution is -0.384. The van der Waals surface area contributed by atoms with Crippen LogP contribution in [-0.4, -0.2) is 4.92 Å². The van der Waals surface area contributed by atoms with E-state index in [0.29, 0.717) is 17.3 Å². The molecule has 0 radical (unpaired) electrons. The monoisotopic (exact) mass is 290 g/mol. The van der Waals surface area contributed by atoms with Gasteiger partial charge in [-0.25, -0.2) is 0 Å². The number of nitrogens with one attached hydrogen (secondary N) is 1. The van der Waals surface area contributed by atoms with Crippen LogP contribution in [0.5, 0.6) is 0 Å². The summed E-state index contributed by atoms with van der Waals surface area (Å²) < 4.78 is 0. The largest absolute Gasteiger partial charge is 0.375 e. The quantitative estimate of drug-likeness (QED) is 0.667. The van der Waals surface area contributed by atoms with E-state index in [4.69, 9.17) is 11.6 Å². The van der Waals surface area contributed by atoms with Crippen molar-refractivity contribution in [3.05, 3.63) is 68.2 Å². The highest BCUT2D eigenvalue weighted by Gasteiger charge is 2.13. The van der Waals surface area contributed by atoms with E-state index >= 15 is 0 Å². The Morgan fingerprint density at radius 3 is 2.60 bits per heavy atom. The zero-order chi connectivity index (χ0) is 14.7. The summed E-state index contributed by atoms with van der Waals surface area (Å²) in [5.41, 5.74) is 3.71. The van der Waals surface area contributed by atoms with E-state index in [9.17, 15) is 10.1 Å². The van der Waals surface area contributed by atoms with E-state index in [1.807, 2.05) is 32.0 Å². The van der Waals surface area contributed by atoms with Gasteiger partial charge in [0.15, 0.2) is 0 Å². The Morgan fingerprint density at radius 2 is 1.95 bits per heavy atom. The zero-order valence-corrected chi connectivity index (χ0v) is 12.1. The first-order chi connectivity index (χ1) is 9.47. The van der Waals surface area contributed by atoms with Crippen LogP contribution in [0.15, 0.2) is 36.4 Å². The van der Waals surface area contributed by atoms with Gasteiger partial charge in [0.05, 0.1) is 4.92 Å². The van der Waals surface area contributed by atoms with Crippen molar-refractivity contribution in [3.8, 4) is 0 Å². The lowest BCUT2D eigenvalue weighted by Crippen LogP contribution is -2.04. The number of halogens is 1. The molecule has 2 rings (SSSR count). The second-order valence-electron chi connectivity index (χ2n) is 4.70. The van der Waals surface area contributed by atoms with Gasteiger partial charge in [-0.2, -0.15) is 0 Å². The number of aryl methyl sites for hydroxylation is 2. The Bertz CT molecular complexity index is 656. The lowest BCUT2D eigenvalue weighted by Gasteiger charge is -2.10. The average Bonchev–Trinajstić information content (AvgIpc) is 2.37. The number of anilines is 1. The van der Waals surface area contributed by atoms with Crippen LogP contribution in [0.25, 0.3) is 0 Å². The number of benzene rings is 2. The summed E-state index contributed by atoms with van der Waals surface area (Å²) in [4.78, 5) is 10.6. The molecule has 20 heavy (non-hydrogen) atoms. The summed E-state index contributed by atoms with van der Waals surface area (Å²) in [6, 6.07) is 10.7. The Kier molecular flexibility index (Phi) is 4.25. The highest BCUT2D eigenvalue weighted by Crippen LogP contribution is 2.26. The van der Waals surface area contributed by atoms with Crippen LogP contribution in [0.3, 0.4) is 0 Å². The Hall–Kier alpha value is -2.07. The minimum absolute atomic E-state index is 0.0854. The lowest BCUT2D eigenvalue weighted by atomic mass is 10.1. The van der Waals surface area contributed by atoms with Crippen LogP contribution in [0.2, 0.25) is 5.02 Å². The molecule has 0 aliphatic rings. The van der Waals surface area contributed by atoms with Crippen LogP contribution < -0.4 is 5.32 Å². The van der Waals surface area contributed by atoms with Crippen molar-refractivity contribution < 1.29 is 4.92 Å². The molecule has 0 unspecified atom stereocenters. The summed E-state index contributed by atoms with van der Waals surface area (Å²) in [7, 11) is 0. The van der Waals surface area contributed by atoms with E-state index in [1.165, 1.54) is 6.07 Å². The number of hydrogen-bond donors (Lipinski definition) is 1. The van der Waals surface area contributed by atoms with E-state index in [0.717, 1.165) is 16.7 Å². The maximum absolute atomic E-state index is 11.0. The van der Waals surface area contributed by atoms with Crippen molar-refractivity contribution in [2.45, 2.75) is 20.4 Å². The Morgan fingerprint density at radius 1 is 1.20 bits per heavy atom. The molecule has 0 bridgehead atoms. The summed E-state index contributed by atoms with van der Waals surface area (Å²) in [6.45, 7) is 4.39. The molecule has 0 spiro atoms. The van der Waals surface area contributed by atoms with E-state index in [-0.39, 0.29) is 10.6 Å². The number of nitro groups is 1. The highest BCUT2D eigenvalue weighted by atomic mass is 35.5. The van der Waals surface area contributed by atoms with Crippen molar-refractivity contribution in [1.82, 2.24) is 0 Å². The average molecular weight is 291 g/mol. The molecule has 0 aliphatic carbocycles. The minimum Gasteiger partial charge on any atom is -0.375 e. The van der Waals surface area contributed by atoms with Gasteiger partial charge in [-0.05, 0) is 48.7 Å². The number of nitrogens with zero attached hydrogens (tertiary/aromatic N) is 1. The van der Waals surface area contributed by atoms with Gasteiger partial charge in [0.2, 0.25) is 0 Å². The van der Waals surface area contributed by atoms with E-state index in [2.05, 4.69) is 5.32 Å². The van der Waals surface area contributed by atoms with Crippen molar-refractivity contribution in [1.29, 1.82) is 0 Å². The van der Waals surface area contributed by atoms with Crippen molar-refractivity contribution in [2.24, 2.45) is 0 Å². The molecule has 0 heterocycles. The molecule has 0 saturated heterocycles. The van der Waals surface area contributed by atoms with Gasteiger partial charge in [0, 0.05) is 17.6 Å². The zero-order valence-electron chi connectivity index (χ0n) is 11.3. The molecule has 0 atom stereocenters. The first-order valence-corrected chi connectivity index (χ1v) is 6.59. The molecule has 2 aromatic carbocycles. The fourth-order valence-electron chi connectivity index (χ4n) is 2.00. The second kappa shape index (κ2) is 5.92. The first-order valence-electron chi connectivity index (χ1n) is 6.21. The molecule has 0 aromatic heterocycles. The SMILES string of the molecule is Cc1ccc([N+](=O)[O-])c(NCc2ccc(Cl)cc2C)c1. The maximum atomic E-state index is 11.0. The topological polar surface area (TPSA) is 55.2 Å². The molecule has 0 amide bonds. The molecule has 5 heteroatoms. The van der Waals surface area contributed by atoms with Crippen LogP contribution >= 0.6 is 11.6 Å². The second-order valence-corrected chi connectivity index (χ2v) is 5.14. The fourth-order valence-corrected chi connectivity index (χ4v) is 2.23. The maximum Gasteiger partial charge on any atom is 0.292 e. The molecule has 0 fully saturated rings. The van der Waals surface area contributed by atoms with Crippen LogP contribution in [0, 0.1) is 24.0 Å². The van der Waals surface area contributed by atoms with Gasteiger partial charge < -0.3 is 5.32 Å². The Labute approximate surface area is 122 Å². The molecule has 4 nitrogen and oxygen atoms in total. The third-order valence-electron chi connectivity index (χ3n) is 3.12. The predicted octanol–water partition coefficient (Wildman–Crippen LogP) is 4.48. The van der Waals surface area contributed by atoms with E-state index in [1.54, 1.807) is 12.1 Å². The van der Waals surface area contributed by atoms with Crippen molar-refractivity contribution >= 4 is 23.0 Å². The first kappa shape index (κ1) is 14.3. The molecule has 1 N–H and O–H groups in total. The van der Waals surface area contributed by atoms with Gasteiger partial charge >= 0.3 is 0 Å². The van der Waals surface area contributed by atoms with Gasteiger partial charge in [0.1, 0.15) is 5.69 Å². The summed E-state index contributed by atoms with van der Waals surface area (Å²) in [5, 5.41) is 14.8. The highest BCUT2D eigenvalue weighted by molar-refractivity contribution is 6.30. The summed E-state index contributed by atoms with van der Waals surface area (Å²) in [6.07, 6.45) is 0. The van der Waals surface area contributed by atoms with E-state index < -0.39 is 0 Å². The van der Waals surface area contributed by atoms with Crippen LogP contribution in [-0.2, 0) is 6.54 Å².